The minimum absolute atomic E-state index is 0.0223. The number of hydrogen-bond acceptors (Lipinski definition) is 3. The van der Waals surface area contributed by atoms with Gasteiger partial charge in [0.05, 0.1) is 19.0 Å². The van der Waals surface area contributed by atoms with E-state index in [0.717, 1.165) is 0 Å². The molecule has 0 spiro atoms. The van der Waals surface area contributed by atoms with Crippen molar-refractivity contribution in [2.75, 3.05) is 19.6 Å². The van der Waals surface area contributed by atoms with E-state index >= 15 is 0 Å². The van der Waals surface area contributed by atoms with Crippen LogP contribution in [0.5, 0.6) is 5.75 Å². The largest absolute Gasteiger partial charge is 0.487 e. The van der Waals surface area contributed by atoms with E-state index in [9.17, 15) is 14.0 Å². The molecule has 130 valence electrons. The summed E-state index contributed by atoms with van der Waals surface area (Å²) in [5, 5.41) is 0. The lowest BCUT2D eigenvalue weighted by atomic mass is 10.0. The minimum Gasteiger partial charge on any atom is -0.487 e. The molecular formula is C18H23FN2O3. The average molecular weight is 334 g/mol. The van der Waals surface area contributed by atoms with Crippen LogP contribution in [0.4, 0.5) is 4.39 Å². The predicted molar refractivity (Wildman–Crippen MR) is 87.0 cm³/mol. The molecule has 0 N–H and O–H groups in total. The lowest BCUT2D eigenvalue weighted by Gasteiger charge is -2.40. The summed E-state index contributed by atoms with van der Waals surface area (Å²) in [6.45, 7) is 7.45. The van der Waals surface area contributed by atoms with E-state index in [0.29, 0.717) is 25.4 Å². The van der Waals surface area contributed by atoms with Crippen molar-refractivity contribution in [1.82, 2.24) is 9.80 Å². The monoisotopic (exact) mass is 334 g/mol. The summed E-state index contributed by atoms with van der Waals surface area (Å²) >= 11 is 0. The molecular weight excluding hydrogens is 311 g/mol. The molecule has 2 saturated heterocycles. The van der Waals surface area contributed by atoms with Gasteiger partial charge >= 0.3 is 0 Å². The summed E-state index contributed by atoms with van der Waals surface area (Å²) in [6.07, 6.45) is 0.214. The molecule has 2 fully saturated rings. The highest BCUT2D eigenvalue weighted by atomic mass is 19.1. The molecule has 0 saturated carbocycles. The number of hydrogen-bond donors (Lipinski definition) is 0. The molecule has 5 nitrogen and oxygen atoms in total. The Bertz CT molecular complexity index is 633. The Kier molecular flexibility index (Phi) is 4.24. The van der Waals surface area contributed by atoms with Crippen molar-refractivity contribution in [2.24, 2.45) is 5.92 Å². The Hall–Kier alpha value is -2.11. The van der Waals surface area contributed by atoms with Gasteiger partial charge in [-0.1, -0.05) is 0 Å². The van der Waals surface area contributed by atoms with Gasteiger partial charge in [-0.05, 0) is 45.0 Å². The van der Waals surface area contributed by atoms with Gasteiger partial charge in [0, 0.05) is 18.5 Å². The minimum atomic E-state index is -0.304. The van der Waals surface area contributed by atoms with Crippen molar-refractivity contribution in [3.05, 3.63) is 30.1 Å². The van der Waals surface area contributed by atoms with Gasteiger partial charge in [0.25, 0.3) is 0 Å². The molecule has 24 heavy (non-hydrogen) atoms. The van der Waals surface area contributed by atoms with Gasteiger partial charge in [0.2, 0.25) is 11.8 Å². The first kappa shape index (κ1) is 16.7. The molecule has 1 aromatic rings. The van der Waals surface area contributed by atoms with Crippen molar-refractivity contribution in [1.29, 1.82) is 0 Å². The predicted octanol–water partition coefficient (Wildman–Crippen LogP) is 2.06. The zero-order valence-corrected chi connectivity index (χ0v) is 14.3. The second-order valence-corrected chi connectivity index (χ2v) is 7.51. The second kappa shape index (κ2) is 6.07. The summed E-state index contributed by atoms with van der Waals surface area (Å²) in [5.74, 6) is 0.101. The Morgan fingerprint density at radius 2 is 1.79 bits per heavy atom. The molecule has 6 heteroatoms. The molecule has 0 unspecified atom stereocenters. The average Bonchev–Trinajstić information content (AvgIpc) is 2.86. The van der Waals surface area contributed by atoms with E-state index in [2.05, 4.69) is 0 Å². The first-order chi connectivity index (χ1) is 11.2. The van der Waals surface area contributed by atoms with Gasteiger partial charge in [-0.3, -0.25) is 9.59 Å². The van der Waals surface area contributed by atoms with Crippen LogP contribution in [-0.4, -0.2) is 52.9 Å². The molecule has 3 rings (SSSR count). The number of rotatable bonds is 3. The summed E-state index contributed by atoms with van der Waals surface area (Å²) in [5.41, 5.74) is -0.255. The van der Waals surface area contributed by atoms with E-state index < -0.39 is 0 Å². The third-order valence-corrected chi connectivity index (χ3v) is 4.56. The highest BCUT2D eigenvalue weighted by Gasteiger charge is 2.43. The maximum Gasteiger partial charge on any atom is 0.228 e. The highest BCUT2D eigenvalue weighted by molar-refractivity contribution is 5.90. The molecule has 0 bridgehead atoms. The molecule has 2 amide bonds. The smallest absolute Gasteiger partial charge is 0.228 e. The maximum atomic E-state index is 12.9. The number of halogens is 1. The molecule has 1 atom stereocenters. The van der Waals surface area contributed by atoms with E-state index in [-0.39, 0.29) is 41.6 Å². The number of ether oxygens (including phenoxy) is 1. The van der Waals surface area contributed by atoms with E-state index in [1.54, 1.807) is 21.9 Å². The fraction of sp³-hybridized carbons (Fsp3) is 0.556. The fourth-order valence-electron chi connectivity index (χ4n) is 3.18. The molecule has 0 aliphatic carbocycles. The van der Waals surface area contributed by atoms with Crippen molar-refractivity contribution in [2.45, 2.75) is 38.8 Å². The van der Waals surface area contributed by atoms with Crippen LogP contribution in [0.2, 0.25) is 0 Å². The van der Waals surface area contributed by atoms with E-state index in [1.165, 1.54) is 12.1 Å². The molecule has 2 aliphatic rings. The summed E-state index contributed by atoms with van der Waals surface area (Å²) < 4.78 is 18.6. The molecule has 1 aromatic carbocycles. The Morgan fingerprint density at radius 3 is 2.33 bits per heavy atom. The number of carbonyl (C=O) groups is 2. The zero-order chi connectivity index (χ0) is 17.5. The normalized spacial score (nSPS) is 21.8. The fourth-order valence-corrected chi connectivity index (χ4v) is 3.18. The van der Waals surface area contributed by atoms with Crippen LogP contribution in [0.3, 0.4) is 0 Å². The van der Waals surface area contributed by atoms with Crippen LogP contribution in [0.1, 0.15) is 27.2 Å². The van der Waals surface area contributed by atoms with Gasteiger partial charge in [0.1, 0.15) is 17.7 Å². The quantitative estimate of drug-likeness (QED) is 0.850. The molecule has 2 aliphatic heterocycles. The lowest BCUT2D eigenvalue weighted by Crippen LogP contribution is -2.58. The van der Waals surface area contributed by atoms with Gasteiger partial charge in [-0.15, -0.1) is 0 Å². The van der Waals surface area contributed by atoms with Crippen LogP contribution < -0.4 is 4.74 Å². The standard InChI is InChI=1S/C18H23FN2O3/c1-18(2,3)21-9-12(8-16(21)22)17(23)20-10-15(11-20)24-14-6-4-13(19)5-7-14/h4-7,12,15H,8-11H2,1-3H3/t12-/m1/s1. The maximum absolute atomic E-state index is 12.9. The Morgan fingerprint density at radius 1 is 1.17 bits per heavy atom. The molecule has 2 heterocycles. The van der Waals surface area contributed by atoms with Crippen molar-refractivity contribution in [3.8, 4) is 5.75 Å². The SMILES string of the molecule is CC(C)(C)N1C[C@H](C(=O)N2CC(Oc3ccc(F)cc3)C2)CC1=O. The van der Waals surface area contributed by atoms with Gasteiger partial charge < -0.3 is 14.5 Å². The lowest BCUT2D eigenvalue weighted by molar-refractivity contribution is -0.144. The van der Waals surface area contributed by atoms with E-state index in [1.807, 2.05) is 20.8 Å². The third-order valence-electron chi connectivity index (χ3n) is 4.56. The number of nitrogens with zero attached hydrogens (tertiary/aromatic N) is 2. The van der Waals surface area contributed by atoms with Crippen LogP contribution in [0.15, 0.2) is 24.3 Å². The number of amides is 2. The van der Waals surface area contributed by atoms with Crippen LogP contribution in [0.25, 0.3) is 0 Å². The topological polar surface area (TPSA) is 49.9 Å². The summed E-state index contributed by atoms with van der Waals surface area (Å²) in [4.78, 5) is 28.1. The van der Waals surface area contributed by atoms with E-state index in [4.69, 9.17) is 4.74 Å². The van der Waals surface area contributed by atoms with Crippen molar-refractivity contribution >= 4 is 11.8 Å². The van der Waals surface area contributed by atoms with Gasteiger partial charge in [-0.2, -0.15) is 0 Å². The Labute approximate surface area is 141 Å². The second-order valence-electron chi connectivity index (χ2n) is 7.51. The number of carbonyl (C=O) groups excluding carboxylic acids is 2. The number of benzene rings is 1. The van der Waals surface area contributed by atoms with Crippen LogP contribution >= 0.6 is 0 Å². The molecule has 0 aromatic heterocycles. The molecule has 0 radical (unpaired) electrons. The van der Waals surface area contributed by atoms with Crippen molar-refractivity contribution < 1.29 is 18.7 Å². The van der Waals surface area contributed by atoms with Crippen LogP contribution in [0, 0.1) is 11.7 Å². The third kappa shape index (κ3) is 3.37. The summed E-state index contributed by atoms with van der Waals surface area (Å²) in [7, 11) is 0. The number of likely N-dealkylation sites (tertiary alicyclic amines) is 2. The van der Waals surface area contributed by atoms with Gasteiger partial charge in [-0.25, -0.2) is 4.39 Å². The highest BCUT2D eigenvalue weighted by Crippen LogP contribution is 2.29. The Balaban J connectivity index is 1.50. The van der Waals surface area contributed by atoms with Gasteiger partial charge in [0.15, 0.2) is 0 Å². The first-order valence-corrected chi connectivity index (χ1v) is 8.25. The van der Waals surface area contributed by atoms with Crippen molar-refractivity contribution in [3.63, 3.8) is 0 Å². The zero-order valence-electron chi connectivity index (χ0n) is 14.3. The van der Waals surface area contributed by atoms with Crippen LogP contribution in [-0.2, 0) is 9.59 Å². The first-order valence-electron chi connectivity index (χ1n) is 8.25. The summed E-state index contributed by atoms with van der Waals surface area (Å²) in [6, 6.07) is 5.86.